The van der Waals surface area contributed by atoms with Gasteiger partial charge in [-0.25, -0.2) is 0 Å². The van der Waals surface area contributed by atoms with Crippen LogP contribution in [0.4, 0.5) is 5.69 Å². The van der Waals surface area contributed by atoms with Crippen LogP contribution < -0.4 is 10.6 Å². The second kappa shape index (κ2) is 7.06. The average Bonchev–Trinajstić information content (AvgIpc) is 2.95. The lowest BCUT2D eigenvalue weighted by Crippen LogP contribution is -2.33. The molecular formula is C15H13ClN2O2S. The molecule has 2 rings (SSSR count). The van der Waals surface area contributed by atoms with Crippen molar-refractivity contribution in [1.29, 1.82) is 0 Å². The summed E-state index contributed by atoms with van der Waals surface area (Å²) >= 11 is 11.1. The van der Waals surface area contributed by atoms with Gasteiger partial charge in [-0.2, -0.15) is 0 Å². The molecule has 2 N–H and O–H groups in total. The molecule has 0 saturated heterocycles. The topological polar surface area (TPSA) is 54.3 Å². The molecule has 1 heterocycles. The van der Waals surface area contributed by atoms with Crippen LogP contribution in [0.15, 0.2) is 47.1 Å². The highest BCUT2D eigenvalue weighted by molar-refractivity contribution is 7.80. The molecule has 1 aromatic carbocycles. The van der Waals surface area contributed by atoms with Crippen molar-refractivity contribution in [2.24, 2.45) is 0 Å². The van der Waals surface area contributed by atoms with Crippen LogP contribution in [0.5, 0.6) is 0 Å². The minimum absolute atomic E-state index is 0.203. The van der Waals surface area contributed by atoms with Gasteiger partial charge in [0.1, 0.15) is 5.76 Å². The fourth-order valence-corrected chi connectivity index (χ4v) is 1.98. The molecule has 1 aromatic heterocycles. The molecule has 0 unspecified atom stereocenters. The molecule has 0 radical (unpaired) electrons. The van der Waals surface area contributed by atoms with E-state index < -0.39 is 0 Å². The number of hydrogen-bond donors (Lipinski definition) is 2. The molecule has 0 spiro atoms. The number of thiocarbonyl (C=S) groups is 1. The average molecular weight is 321 g/mol. The van der Waals surface area contributed by atoms with Gasteiger partial charge in [-0.3, -0.25) is 10.1 Å². The lowest BCUT2D eigenvalue weighted by atomic mass is 10.2. The number of carbonyl (C=O) groups is 1. The summed E-state index contributed by atoms with van der Waals surface area (Å²) < 4.78 is 5.08. The molecule has 0 aliphatic rings. The number of anilines is 1. The predicted octanol–water partition coefficient (Wildman–Crippen LogP) is 3.77. The highest BCUT2D eigenvalue weighted by Gasteiger charge is 2.05. The van der Waals surface area contributed by atoms with E-state index >= 15 is 0 Å². The largest absolute Gasteiger partial charge is 0.465 e. The molecule has 0 fully saturated rings. The molecule has 0 atom stereocenters. The number of nitrogens with one attached hydrogen (secondary N) is 2. The van der Waals surface area contributed by atoms with E-state index in [1.165, 1.54) is 12.3 Å². The predicted molar refractivity (Wildman–Crippen MR) is 88.3 cm³/mol. The van der Waals surface area contributed by atoms with E-state index in [0.29, 0.717) is 10.8 Å². The van der Waals surface area contributed by atoms with Gasteiger partial charge >= 0.3 is 0 Å². The molecule has 6 heteroatoms. The van der Waals surface area contributed by atoms with E-state index in [1.54, 1.807) is 30.3 Å². The molecule has 1 amide bonds. The maximum absolute atomic E-state index is 11.7. The summed E-state index contributed by atoms with van der Waals surface area (Å²) in [6.45, 7) is 1.87. The number of hydrogen-bond acceptors (Lipinski definition) is 3. The second-order valence-electron chi connectivity index (χ2n) is 4.20. The minimum Gasteiger partial charge on any atom is -0.465 e. The van der Waals surface area contributed by atoms with E-state index in [2.05, 4.69) is 10.6 Å². The van der Waals surface area contributed by atoms with E-state index in [-0.39, 0.29) is 11.0 Å². The first kappa shape index (κ1) is 15.3. The number of rotatable bonds is 3. The fraction of sp³-hybridized carbons (Fsp3) is 0.0667. The zero-order valence-corrected chi connectivity index (χ0v) is 12.8. The Morgan fingerprint density at radius 2 is 2.14 bits per heavy atom. The number of furan rings is 1. The lowest BCUT2D eigenvalue weighted by Gasteiger charge is -2.11. The van der Waals surface area contributed by atoms with Crippen molar-refractivity contribution in [3.05, 3.63) is 59.0 Å². The zero-order chi connectivity index (χ0) is 15.2. The molecular weight excluding hydrogens is 308 g/mol. The quantitative estimate of drug-likeness (QED) is 0.667. The van der Waals surface area contributed by atoms with Gasteiger partial charge < -0.3 is 9.73 Å². The maximum atomic E-state index is 11.7. The SMILES string of the molecule is Cc1c(Cl)cccc1NC(=S)NC(=O)/C=C/c1ccco1. The van der Waals surface area contributed by atoms with Crippen molar-refractivity contribution in [1.82, 2.24) is 5.32 Å². The van der Waals surface area contributed by atoms with Crippen LogP contribution in [-0.4, -0.2) is 11.0 Å². The standard InChI is InChI=1S/C15H13ClN2O2S/c1-10-12(16)5-2-6-13(10)17-15(21)18-14(19)8-7-11-4-3-9-20-11/h2-9H,1H3,(H2,17,18,19,21)/b8-7+. The van der Waals surface area contributed by atoms with Gasteiger partial charge in [0.05, 0.1) is 6.26 Å². The molecule has 0 aliphatic carbocycles. The Bertz CT molecular complexity index is 681. The smallest absolute Gasteiger partial charge is 0.250 e. The highest BCUT2D eigenvalue weighted by atomic mass is 35.5. The van der Waals surface area contributed by atoms with Crippen LogP contribution in [0.1, 0.15) is 11.3 Å². The molecule has 0 aliphatic heterocycles. The summed E-state index contributed by atoms with van der Waals surface area (Å²) in [4.78, 5) is 11.7. The molecule has 0 saturated carbocycles. The van der Waals surface area contributed by atoms with Gasteiger partial charge in [0.25, 0.3) is 0 Å². The molecule has 0 bridgehead atoms. The van der Waals surface area contributed by atoms with Crippen LogP contribution in [0.3, 0.4) is 0 Å². The molecule has 2 aromatic rings. The molecule has 4 nitrogen and oxygen atoms in total. The second-order valence-corrected chi connectivity index (χ2v) is 5.02. The summed E-state index contributed by atoms with van der Waals surface area (Å²) in [6, 6.07) is 8.91. The van der Waals surface area contributed by atoms with Crippen molar-refractivity contribution in [3.63, 3.8) is 0 Å². The zero-order valence-electron chi connectivity index (χ0n) is 11.2. The van der Waals surface area contributed by atoms with Crippen molar-refractivity contribution < 1.29 is 9.21 Å². The summed E-state index contributed by atoms with van der Waals surface area (Å²) in [5, 5.41) is 6.31. The first-order valence-corrected chi connectivity index (χ1v) is 6.93. The van der Waals surface area contributed by atoms with Crippen molar-refractivity contribution in [2.75, 3.05) is 5.32 Å². The minimum atomic E-state index is -0.344. The van der Waals surface area contributed by atoms with Crippen LogP contribution in [-0.2, 0) is 4.79 Å². The van der Waals surface area contributed by atoms with Gasteiger partial charge in [-0.05, 0) is 55.0 Å². The van der Waals surface area contributed by atoms with Crippen molar-refractivity contribution >= 4 is 46.6 Å². The van der Waals surface area contributed by atoms with Crippen LogP contribution in [0, 0.1) is 6.92 Å². The summed E-state index contributed by atoms with van der Waals surface area (Å²) in [6.07, 6.45) is 4.44. The maximum Gasteiger partial charge on any atom is 0.250 e. The third kappa shape index (κ3) is 4.44. The van der Waals surface area contributed by atoms with Crippen molar-refractivity contribution in [3.8, 4) is 0 Å². The normalized spacial score (nSPS) is 10.6. The number of carbonyl (C=O) groups excluding carboxylic acids is 1. The van der Waals surface area contributed by atoms with Crippen LogP contribution in [0.25, 0.3) is 6.08 Å². The van der Waals surface area contributed by atoms with Crippen molar-refractivity contribution in [2.45, 2.75) is 6.92 Å². The fourth-order valence-electron chi connectivity index (χ4n) is 1.59. The molecule has 21 heavy (non-hydrogen) atoms. The summed E-state index contributed by atoms with van der Waals surface area (Å²) in [5.74, 6) is 0.248. The number of amides is 1. The van der Waals surface area contributed by atoms with Gasteiger partial charge in [0, 0.05) is 16.8 Å². The number of benzene rings is 1. The molecule has 108 valence electrons. The van der Waals surface area contributed by atoms with E-state index in [4.69, 9.17) is 28.2 Å². The third-order valence-corrected chi connectivity index (χ3v) is 3.31. The van der Waals surface area contributed by atoms with E-state index in [9.17, 15) is 4.79 Å². The van der Waals surface area contributed by atoms with E-state index in [0.717, 1.165) is 11.3 Å². The van der Waals surface area contributed by atoms with Gasteiger partial charge in [0.2, 0.25) is 5.91 Å². The Morgan fingerprint density at radius 3 is 2.86 bits per heavy atom. The Hall–Kier alpha value is -2.11. The van der Waals surface area contributed by atoms with E-state index in [1.807, 2.05) is 13.0 Å². The monoisotopic (exact) mass is 320 g/mol. The highest BCUT2D eigenvalue weighted by Crippen LogP contribution is 2.22. The summed E-state index contributed by atoms with van der Waals surface area (Å²) in [5.41, 5.74) is 1.62. The summed E-state index contributed by atoms with van der Waals surface area (Å²) in [7, 11) is 0. The van der Waals surface area contributed by atoms with Crippen LogP contribution in [0.2, 0.25) is 5.02 Å². The third-order valence-electron chi connectivity index (χ3n) is 2.69. The Balaban J connectivity index is 1.92. The Morgan fingerprint density at radius 1 is 1.33 bits per heavy atom. The Labute approximate surface area is 132 Å². The van der Waals surface area contributed by atoms with Crippen LogP contribution >= 0.6 is 23.8 Å². The number of halogens is 1. The Kier molecular flexibility index (Phi) is 5.14. The lowest BCUT2D eigenvalue weighted by molar-refractivity contribution is -0.115. The first-order valence-electron chi connectivity index (χ1n) is 6.15. The van der Waals surface area contributed by atoms with Gasteiger partial charge in [-0.1, -0.05) is 17.7 Å². The first-order chi connectivity index (χ1) is 10.1. The van der Waals surface area contributed by atoms with Gasteiger partial charge in [0.15, 0.2) is 5.11 Å². The van der Waals surface area contributed by atoms with Gasteiger partial charge in [-0.15, -0.1) is 0 Å².